The Hall–Kier alpha value is -1.66. The fraction of sp³-hybridized carbons (Fsp3) is 0.381. The lowest BCUT2D eigenvalue weighted by Crippen LogP contribution is -2.51. The molecule has 2 aromatic rings. The maximum atomic E-state index is 14.0. The van der Waals surface area contributed by atoms with Crippen LogP contribution < -0.4 is 10.3 Å². The van der Waals surface area contributed by atoms with E-state index >= 15 is 0 Å². The van der Waals surface area contributed by atoms with Gasteiger partial charge in [0.1, 0.15) is 11.7 Å². The van der Waals surface area contributed by atoms with Crippen LogP contribution >= 0.6 is 23.2 Å². The third-order valence-electron chi connectivity index (χ3n) is 5.25. The summed E-state index contributed by atoms with van der Waals surface area (Å²) in [4.78, 5) is 4.83. The van der Waals surface area contributed by atoms with Gasteiger partial charge in [-0.3, -0.25) is 10.3 Å². The van der Waals surface area contributed by atoms with Gasteiger partial charge in [-0.15, -0.1) is 0 Å². The van der Waals surface area contributed by atoms with Gasteiger partial charge in [0.25, 0.3) is 0 Å². The number of anilines is 1. The summed E-state index contributed by atoms with van der Waals surface area (Å²) >= 11 is 12.5. The number of rotatable bonds is 5. The molecule has 1 heterocycles. The molecule has 2 aromatic carbocycles. The average Bonchev–Trinajstić information content (AvgIpc) is 3.42. The van der Waals surface area contributed by atoms with Crippen molar-refractivity contribution in [3.8, 4) is 0 Å². The average molecular weight is 421 g/mol. The standard InChI is InChI=1S/C21H23Cl2FN4/c1-12-4-5-15(10-19(12)24)13(2)25-21-26-14(3)27(28(21)17-7-8-17)20-9-6-16(22)11-18(20)23/h4-6,9-11,13,17,21,25H,7-8H2,1-3H3. The summed E-state index contributed by atoms with van der Waals surface area (Å²) in [7, 11) is 0. The van der Waals surface area contributed by atoms with Crippen LogP contribution in [0, 0.1) is 12.7 Å². The van der Waals surface area contributed by atoms with Crippen molar-refractivity contribution in [3.05, 3.63) is 63.4 Å². The lowest BCUT2D eigenvalue weighted by Gasteiger charge is -2.35. The Morgan fingerprint density at radius 3 is 2.54 bits per heavy atom. The summed E-state index contributed by atoms with van der Waals surface area (Å²) in [5.41, 5.74) is 2.40. The van der Waals surface area contributed by atoms with Gasteiger partial charge in [0.15, 0.2) is 6.29 Å². The number of aryl methyl sites for hydroxylation is 1. The monoisotopic (exact) mass is 420 g/mol. The molecule has 1 aliphatic heterocycles. The Labute approximate surface area is 174 Å². The molecule has 0 radical (unpaired) electrons. The molecular formula is C21H23Cl2FN4. The van der Waals surface area contributed by atoms with Crippen molar-refractivity contribution in [2.75, 3.05) is 5.01 Å². The number of nitrogens with one attached hydrogen (secondary N) is 1. The van der Waals surface area contributed by atoms with Gasteiger partial charge in [-0.2, -0.15) is 5.01 Å². The molecule has 1 N–H and O–H groups in total. The molecule has 1 aliphatic carbocycles. The zero-order valence-corrected chi connectivity index (χ0v) is 17.6. The quantitative estimate of drug-likeness (QED) is 0.673. The predicted octanol–water partition coefficient (Wildman–Crippen LogP) is 5.69. The van der Waals surface area contributed by atoms with Gasteiger partial charge in [-0.05, 0) is 69.0 Å². The summed E-state index contributed by atoms with van der Waals surface area (Å²) in [6, 6.07) is 11.2. The minimum absolute atomic E-state index is 0.0569. The zero-order chi connectivity index (χ0) is 20.0. The summed E-state index contributed by atoms with van der Waals surface area (Å²) in [6.45, 7) is 5.76. The van der Waals surface area contributed by atoms with Crippen molar-refractivity contribution in [1.29, 1.82) is 0 Å². The topological polar surface area (TPSA) is 30.9 Å². The molecule has 0 amide bonds. The summed E-state index contributed by atoms with van der Waals surface area (Å²) < 4.78 is 14.0. The van der Waals surface area contributed by atoms with Crippen molar-refractivity contribution >= 4 is 34.7 Å². The van der Waals surface area contributed by atoms with E-state index in [2.05, 4.69) is 15.3 Å². The van der Waals surface area contributed by atoms with Gasteiger partial charge in [0.05, 0.1) is 10.7 Å². The van der Waals surface area contributed by atoms with Crippen molar-refractivity contribution in [2.45, 2.75) is 52.0 Å². The maximum Gasteiger partial charge on any atom is 0.175 e. The third-order valence-corrected chi connectivity index (χ3v) is 5.79. The van der Waals surface area contributed by atoms with E-state index in [4.69, 9.17) is 28.2 Å². The molecule has 1 saturated carbocycles. The van der Waals surface area contributed by atoms with E-state index in [1.54, 1.807) is 19.1 Å². The van der Waals surface area contributed by atoms with E-state index in [9.17, 15) is 4.39 Å². The molecule has 0 aromatic heterocycles. The second-order valence-corrected chi connectivity index (χ2v) is 8.31. The maximum absolute atomic E-state index is 14.0. The molecule has 1 fully saturated rings. The number of benzene rings is 2. The Balaban J connectivity index is 1.60. The van der Waals surface area contributed by atoms with Gasteiger partial charge in [0.2, 0.25) is 0 Å². The van der Waals surface area contributed by atoms with Crippen LogP contribution in [-0.2, 0) is 0 Å². The molecule has 148 valence electrons. The molecule has 2 unspecified atom stereocenters. The van der Waals surface area contributed by atoms with Gasteiger partial charge in [-0.25, -0.2) is 9.38 Å². The van der Waals surface area contributed by atoms with Crippen molar-refractivity contribution < 1.29 is 4.39 Å². The fourth-order valence-electron chi connectivity index (χ4n) is 3.53. The van der Waals surface area contributed by atoms with Gasteiger partial charge in [-0.1, -0.05) is 35.3 Å². The largest absolute Gasteiger partial charge is 0.275 e. The Kier molecular flexibility index (Phi) is 5.36. The number of amidine groups is 1. The second kappa shape index (κ2) is 7.64. The molecular weight excluding hydrogens is 398 g/mol. The Morgan fingerprint density at radius 1 is 1.14 bits per heavy atom. The first kappa shape index (κ1) is 19.6. The van der Waals surface area contributed by atoms with Crippen LogP contribution in [0.3, 0.4) is 0 Å². The van der Waals surface area contributed by atoms with E-state index in [1.165, 1.54) is 0 Å². The van der Waals surface area contributed by atoms with Crippen LogP contribution in [0.15, 0.2) is 41.4 Å². The van der Waals surface area contributed by atoms with Crippen LogP contribution in [0.2, 0.25) is 10.0 Å². The van der Waals surface area contributed by atoms with E-state index in [0.29, 0.717) is 21.7 Å². The number of nitrogens with zero attached hydrogens (tertiary/aromatic N) is 3. The summed E-state index contributed by atoms with van der Waals surface area (Å²) in [6.07, 6.45) is 1.98. The van der Waals surface area contributed by atoms with E-state index < -0.39 is 0 Å². The van der Waals surface area contributed by atoms with Crippen LogP contribution in [0.5, 0.6) is 0 Å². The highest BCUT2D eigenvalue weighted by Crippen LogP contribution is 2.39. The molecule has 7 heteroatoms. The van der Waals surface area contributed by atoms with Gasteiger partial charge >= 0.3 is 0 Å². The van der Waals surface area contributed by atoms with Crippen LogP contribution in [-0.4, -0.2) is 23.2 Å². The normalized spacial score (nSPS) is 21.1. The van der Waals surface area contributed by atoms with E-state index in [-0.39, 0.29) is 18.1 Å². The van der Waals surface area contributed by atoms with Crippen molar-refractivity contribution in [3.63, 3.8) is 0 Å². The van der Waals surface area contributed by atoms with E-state index in [1.807, 2.05) is 38.1 Å². The number of aliphatic imine (C=N–C) groups is 1. The number of halogens is 3. The smallest absolute Gasteiger partial charge is 0.175 e. The first-order chi connectivity index (χ1) is 13.3. The zero-order valence-electron chi connectivity index (χ0n) is 16.1. The fourth-order valence-corrected chi connectivity index (χ4v) is 4.02. The first-order valence-corrected chi connectivity index (χ1v) is 10.2. The summed E-state index contributed by atoms with van der Waals surface area (Å²) in [5.74, 6) is 0.668. The third kappa shape index (κ3) is 3.77. The van der Waals surface area contributed by atoms with Crippen LogP contribution in [0.1, 0.15) is 43.9 Å². The van der Waals surface area contributed by atoms with Gasteiger partial charge < -0.3 is 0 Å². The van der Waals surface area contributed by atoms with Crippen molar-refractivity contribution in [2.24, 2.45) is 4.99 Å². The molecule has 4 nitrogen and oxygen atoms in total. The highest BCUT2D eigenvalue weighted by molar-refractivity contribution is 6.36. The van der Waals surface area contributed by atoms with Crippen LogP contribution in [0.25, 0.3) is 0 Å². The molecule has 2 atom stereocenters. The Morgan fingerprint density at radius 2 is 1.89 bits per heavy atom. The van der Waals surface area contributed by atoms with Crippen LogP contribution in [0.4, 0.5) is 10.1 Å². The van der Waals surface area contributed by atoms with E-state index in [0.717, 1.165) is 29.9 Å². The SMILES string of the molecule is CC1=NC(NC(C)c2ccc(C)c(F)c2)N(C2CC2)N1c1ccc(Cl)cc1Cl. The lowest BCUT2D eigenvalue weighted by atomic mass is 10.1. The highest BCUT2D eigenvalue weighted by atomic mass is 35.5. The van der Waals surface area contributed by atoms with Crippen molar-refractivity contribution in [1.82, 2.24) is 10.3 Å². The molecule has 0 bridgehead atoms. The molecule has 0 spiro atoms. The molecule has 28 heavy (non-hydrogen) atoms. The Bertz CT molecular complexity index is 929. The van der Waals surface area contributed by atoms with Gasteiger partial charge in [0, 0.05) is 17.1 Å². The second-order valence-electron chi connectivity index (χ2n) is 7.47. The first-order valence-electron chi connectivity index (χ1n) is 9.45. The highest BCUT2D eigenvalue weighted by Gasteiger charge is 2.43. The predicted molar refractivity (Wildman–Crippen MR) is 113 cm³/mol. The number of hydrogen-bond acceptors (Lipinski definition) is 4. The molecule has 0 saturated heterocycles. The molecule has 4 rings (SSSR count). The minimum Gasteiger partial charge on any atom is -0.275 e. The minimum atomic E-state index is -0.237. The lowest BCUT2D eigenvalue weighted by molar-refractivity contribution is 0.175. The summed E-state index contributed by atoms with van der Waals surface area (Å²) in [5, 5.41) is 9.02. The molecule has 2 aliphatic rings. The number of hydrogen-bond donors (Lipinski definition) is 1. The number of hydrazine groups is 1.